The molecular formula is C19H31N2OS2+. The number of hydrogen-bond donors (Lipinski definition) is 1. The number of aliphatic hydroxyl groups is 1. The van der Waals surface area contributed by atoms with E-state index in [-0.39, 0.29) is 6.10 Å². The van der Waals surface area contributed by atoms with Gasteiger partial charge in [-0.2, -0.15) is 0 Å². The fraction of sp³-hybridized carbons (Fsp3) is 0.632. The predicted molar refractivity (Wildman–Crippen MR) is 107 cm³/mol. The van der Waals surface area contributed by atoms with Crippen molar-refractivity contribution in [2.24, 2.45) is 0 Å². The van der Waals surface area contributed by atoms with Crippen molar-refractivity contribution in [2.45, 2.75) is 50.0 Å². The van der Waals surface area contributed by atoms with E-state index in [1.165, 1.54) is 43.5 Å². The van der Waals surface area contributed by atoms with Crippen molar-refractivity contribution < 1.29 is 9.59 Å². The van der Waals surface area contributed by atoms with Gasteiger partial charge in [0.25, 0.3) is 0 Å². The van der Waals surface area contributed by atoms with Crippen molar-refractivity contribution in [3.63, 3.8) is 0 Å². The molecule has 1 aromatic carbocycles. The quantitative estimate of drug-likeness (QED) is 0.457. The second-order valence-corrected chi connectivity index (χ2v) is 9.17. The first-order valence-corrected chi connectivity index (χ1v) is 10.9. The minimum atomic E-state index is -0.277. The molecule has 0 spiro atoms. The smallest absolute Gasteiger partial charge is 0.151 e. The van der Waals surface area contributed by atoms with Crippen LogP contribution >= 0.6 is 23.1 Å². The summed E-state index contributed by atoms with van der Waals surface area (Å²) in [6, 6.07) is 8.23. The van der Waals surface area contributed by atoms with E-state index in [0.29, 0.717) is 0 Å². The van der Waals surface area contributed by atoms with E-state index in [9.17, 15) is 5.11 Å². The maximum atomic E-state index is 10.6. The van der Waals surface area contributed by atoms with Crippen LogP contribution in [0.3, 0.4) is 0 Å². The van der Waals surface area contributed by atoms with Crippen LogP contribution in [0.15, 0.2) is 28.6 Å². The van der Waals surface area contributed by atoms with E-state index in [1.54, 1.807) is 23.1 Å². The lowest BCUT2D eigenvalue weighted by molar-refractivity contribution is -0.912. The fourth-order valence-corrected chi connectivity index (χ4v) is 5.03. The number of aliphatic hydroxyl groups excluding tert-OH is 1. The normalized spacial score (nSPS) is 13.5. The molecule has 2 rings (SSSR count). The number of quaternary nitrogens is 1. The lowest BCUT2D eigenvalue weighted by atomic mass is 10.2. The van der Waals surface area contributed by atoms with Gasteiger partial charge in [-0.3, -0.25) is 0 Å². The van der Waals surface area contributed by atoms with Crippen molar-refractivity contribution >= 4 is 33.3 Å². The minimum Gasteiger partial charge on any atom is -0.386 e. The number of aromatic nitrogens is 1. The zero-order valence-corrected chi connectivity index (χ0v) is 16.8. The second kappa shape index (κ2) is 9.76. The summed E-state index contributed by atoms with van der Waals surface area (Å²) in [5, 5.41) is 10.6. The molecule has 1 N–H and O–H groups in total. The highest BCUT2D eigenvalue weighted by atomic mass is 32.2. The van der Waals surface area contributed by atoms with Gasteiger partial charge in [-0.25, -0.2) is 4.98 Å². The second-order valence-electron chi connectivity index (χ2n) is 6.87. The Morgan fingerprint density at radius 3 is 2.46 bits per heavy atom. The Bertz CT molecular complexity index is 573. The van der Waals surface area contributed by atoms with Gasteiger partial charge in [0.15, 0.2) is 4.34 Å². The number of thiazole rings is 1. The molecule has 0 aliphatic heterocycles. The molecule has 0 saturated heterocycles. The number of hydrogen-bond acceptors (Lipinski definition) is 4. The molecule has 1 atom stereocenters. The summed E-state index contributed by atoms with van der Waals surface area (Å²) in [5.41, 5.74) is 1.06. The zero-order valence-electron chi connectivity index (χ0n) is 15.2. The Balaban J connectivity index is 1.88. The summed E-state index contributed by atoms with van der Waals surface area (Å²) in [7, 11) is 2.30. The molecule has 134 valence electrons. The van der Waals surface area contributed by atoms with Gasteiger partial charge in [-0.1, -0.05) is 50.6 Å². The highest BCUT2D eigenvalue weighted by molar-refractivity contribution is 8.01. The monoisotopic (exact) mass is 367 g/mol. The van der Waals surface area contributed by atoms with Gasteiger partial charge in [0.1, 0.15) is 12.6 Å². The van der Waals surface area contributed by atoms with Crippen molar-refractivity contribution in [1.29, 1.82) is 0 Å². The molecule has 0 radical (unpaired) electrons. The average molecular weight is 368 g/mol. The van der Waals surface area contributed by atoms with E-state index in [0.717, 1.165) is 26.6 Å². The van der Waals surface area contributed by atoms with Crippen LogP contribution in [0, 0.1) is 0 Å². The summed E-state index contributed by atoms with van der Waals surface area (Å²) < 4.78 is 3.27. The lowest BCUT2D eigenvalue weighted by Crippen LogP contribution is -2.50. The number of benzene rings is 1. The molecule has 24 heavy (non-hydrogen) atoms. The molecule has 0 aliphatic rings. The lowest BCUT2D eigenvalue weighted by Gasteiger charge is -2.36. The molecule has 3 nitrogen and oxygen atoms in total. The Kier molecular flexibility index (Phi) is 8.01. The van der Waals surface area contributed by atoms with Crippen LogP contribution in [-0.4, -0.2) is 53.1 Å². The Labute approximate surface area is 154 Å². The van der Waals surface area contributed by atoms with E-state index < -0.39 is 0 Å². The van der Waals surface area contributed by atoms with E-state index >= 15 is 0 Å². The molecule has 1 aromatic heterocycles. The summed E-state index contributed by atoms with van der Waals surface area (Å²) >= 11 is 3.41. The average Bonchev–Trinajstić information content (AvgIpc) is 2.99. The van der Waals surface area contributed by atoms with Gasteiger partial charge in [0.05, 0.1) is 30.4 Å². The third-order valence-electron chi connectivity index (χ3n) is 4.43. The molecule has 0 amide bonds. The van der Waals surface area contributed by atoms with Gasteiger partial charge in [0.2, 0.25) is 0 Å². The number of likely N-dealkylation sites (N-methyl/N-ethyl adjacent to an activating group) is 1. The third-order valence-corrected chi connectivity index (χ3v) is 6.75. The Morgan fingerprint density at radius 2 is 1.83 bits per heavy atom. The van der Waals surface area contributed by atoms with Gasteiger partial charge in [-0.15, -0.1) is 11.3 Å². The largest absolute Gasteiger partial charge is 0.386 e. The van der Waals surface area contributed by atoms with Crippen LogP contribution in [0.2, 0.25) is 0 Å². The highest BCUT2D eigenvalue weighted by Gasteiger charge is 2.24. The van der Waals surface area contributed by atoms with E-state index in [2.05, 4.69) is 38.0 Å². The van der Waals surface area contributed by atoms with Gasteiger partial charge in [0, 0.05) is 5.75 Å². The Morgan fingerprint density at radius 1 is 1.17 bits per heavy atom. The van der Waals surface area contributed by atoms with Crippen LogP contribution < -0.4 is 0 Å². The number of para-hydroxylation sites is 1. The van der Waals surface area contributed by atoms with Crippen molar-refractivity contribution in [2.75, 3.05) is 32.4 Å². The van der Waals surface area contributed by atoms with Crippen molar-refractivity contribution in [1.82, 2.24) is 4.98 Å². The molecule has 0 aliphatic carbocycles. The zero-order chi connectivity index (χ0) is 17.4. The topological polar surface area (TPSA) is 33.1 Å². The first-order valence-electron chi connectivity index (χ1n) is 9.06. The summed E-state index contributed by atoms with van der Waals surface area (Å²) in [5.74, 6) is 0.728. The number of nitrogens with zero attached hydrogens (tertiary/aromatic N) is 2. The fourth-order valence-electron chi connectivity index (χ4n) is 3.02. The van der Waals surface area contributed by atoms with Crippen LogP contribution in [0.1, 0.15) is 39.5 Å². The van der Waals surface area contributed by atoms with Crippen LogP contribution in [0.4, 0.5) is 0 Å². The molecule has 2 aromatic rings. The van der Waals surface area contributed by atoms with E-state index in [4.69, 9.17) is 0 Å². The maximum absolute atomic E-state index is 10.6. The standard InChI is InChI=1S/C19H31N2OS2/c1-4-6-12-21(3,13-7-5-2)14-16(22)15-23-19-20-17-10-8-9-11-18(17)24-19/h8-11,16,22H,4-7,12-15H2,1-3H3/q+1. The molecule has 0 saturated carbocycles. The summed E-state index contributed by atoms with van der Waals surface area (Å²) in [6.07, 6.45) is 4.63. The minimum absolute atomic E-state index is 0.277. The number of thioether (sulfide) groups is 1. The van der Waals surface area contributed by atoms with Crippen LogP contribution in [0.5, 0.6) is 0 Å². The van der Waals surface area contributed by atoms with Crippen LogP contribution in [-0.2, 0) is 0 Å². The first-order chi connectivity index (χ1) is 11.6. The van der Waals surface area contributed by atoms with Gasteiger partial charge >= 0.3 is 0 Å². The molecule has 1 heterocycles. The Hall–Kier alpha value is -0.620. The molecule has 5 heteroatoms. The van der Waals surface area contributed by atoms with Gasteiger partial charge < -0.3 is 9.59 Å². The van der Waals surface area contributed by atoms with Crippen LogP contribution in [0.25, 0.3) is 10.2 Å². The molecule has 0 fully saturated rings. The predicted octanol–water partition coefficient (Wildman–Crippen LogP) is 4.80. The van der Waals surface area contributed by atoms with E-state index in [1.807, 2.05) is 12.1 Å². The molecular weight excluding hydrogens is 336 g/mol. The van der Waals surface area contributed by atoms with Gasteiger partial charge in [-0.05, 0) is 25.0 Å². The molecule has 1 unspecified atom stereocenters. The number of fused-ring (bicyclic) bond motifs is 1. The number of rotatable bonds is 11. The van der Waals surface area contributed by atoms with Crippen molar-refractivity contribution in [3.8, 4) is 0 Å². The molecule has 0 bridgehead atoms. The third kappa shape index (κ3) is 6.03. The maximum Gasteiger partial charge on any atom is 0.151 e. The number of unbranched alkanes of at least 4 members (excludes halogenated alkanes) is 2. The first kappa shape index (κ1) is 19.7. The summed E-state index contributed by atoms with van der Waals surface area (Å²) in [4.78, 5) is 4.65. The summed E-state index contributed by atoms with van der Waals surface area (Å²) in [6.45, 7) is 7.66. The van der Waals surface area contributed by atoms with Crippen molar-refractivity contribution in [3.05, 3.63) is 24.3 Å². The SMILES string of the molecule is CCCC[N+](C)(CCCC)CC(O)CSc1nc2ccccc2s1. The highest BCUT2D eigenvalue weighted by Crippen LogP contribution is 2.29.